The summed E-state index contributed by atoms with van der Waals surface area (Å²) in [6.07, 6.45) is 18.1. The first kappa shape index (κ1) is 20.5. The van der Waals surface area contributed by atoms with Crippen molar-refractivity contribution in [2.45, 2.75) is 103 Å². The van der Waals surface area contributed by atoms with E-state index in [-0.39, 0.29) is 6.04 Å². The zero-order valence-electron chi connectivity index (χ0n) is 15.8. The maximum Gasteiger partial charge on any atom is 0.101 e. The Morgan fingerprint density at radius 3 is 1.87 bits per heavy atom. The number of nitrogens with one attached hydrogen (secondary N) is 1. The quantitative estimate of drug-likeness (QED) is 0.415. The minimum absolute atomic E-state index is 0.215. The molecule has 1 aliphatic heterocycles. The van der Waals surface area contributed by atoms with Crippen molar-refractivity contribution in [2.24, 2.45) is 16.6 Å². The van der Waals surface area contributed by atoms with Crippen LogP contribution in [0.1, 0.15) is 97.3 Å². The molecule has 0 fully saturated rings. The Kier molecular flexibility index (Phi) is 12.3. The maximum absolute atomic E-state index is 6.13. The lowest BCUT2D eigenvalue weighted by atomic mass is 9.93. The summed E-state index contributed by atoms with van der Waals surface area (Å²) in [5.74, 6) is 1.61. The van der Waals surface area contributed by atoms with Gasteiger partial charge in [-0.25, -0.2) is 0 Å². The fraction of sp³-hybridized carbons (Fsp3) is 0.950. The van der Waals surface area contributed by atoms with Gasteiger partial charge in [-0.3, -0.25) is 4.99 Å². The number of hydrogen-bond acceptors (Lipinski definition) is 3. The van der Waals surface area contributed by atoms with Crippen LogP contribution in [0, 0.1) is 5.92 Å². The molecule has 0 aromatic carbocycles. The Morgan fingerprint density at radius 2 is 1.43 bits per heavy atom. The molecule has 0 aliphatic carbocycles. The SMILES string of the molecule is CCCCCCCCCCCCCCC(C1=NCCN1)C(C)N. The fourth-order valence-corrected chi connectivity index (χ4v) is 3.52. The third-order valence-corrected chi connectivity index (χ3v) is 5.05. The first-order chi connectivity index (χ1) is 11.3. The topological polar surface area (TPSA) is 50.4 Å². The molecular formula is C20H41N3. The highest BCUT2D eigenvalue weighted by Gasteiger charge is 2.21. The van der Waals surface area contributed by atoms with E-state index in [2.05, 4.69) is 24.2 Å². The average molecular weight is 324 g/mol. The van der Waals surface area contributed by atoms with E-state index in [0.717, 1.165) is 13.1 Å². The van der Waals surface area contributed by atoms with E-state index in [0.29, 0.717) is 5.92 Å². The smallest absolute Gasteiger partial charge is 0.101 e. The number of aliphatic imine (C=N–C) groups is 1. The van der Waals surface area contributed by atoms with Crippen molar-refractivity contribution in [3.8, 4) is 0 Å². The van der Waals surface area contributed by atoms with Gasteiger partial charge in [-0.05, 0) is 13.3 Å². The van der Waals surface area contributed by atoms with Crippen LogP contribution >= 0.6 is 0 Å². The van der Waals surface area contributed by atoms with E-state index in [9.17, 15) is 0 Å². The van der Waals surface area contributed by atoms with Gasteiger partial charge in [0.15, 0.2) is 0 Å². The van der Waals surface area contributed by atoms with Gasteiger partial charge in [0.25, 0.3) is 0 Å². The van der Waals surface area contributed by atoms with Crippen LogP contribution in [0.2, 0.25) is 0 Å². The molecule has 3 N–H and O–H groups in total. The lowest BCUT2D eigenvalue weighted by Crippen LogP contribution is -2.38. The molecule has 1 aliphatic rings. The molecule has 3 nitrogen and oxygen atoms in total. The minimum atomic E-state index is 0.215. The van der Waals surface area contributed by atoms with E-state index >= 15 is 0 Å². The van der Waals surface area contributed by atoms with Gasteiger partial charge in [0.05, 0.1) is 6.54 Å². The van der Waals surface area contributed by atoms with Gasteiger partial charge in [-0.2, -0.15) is 0 Å². The zero-order chi connectivity index (χ0) is 16.8. The molecule has 0 saturated carbocycles. The van der Waals surface area contributed by atoms with E-state index in [1.807, 2.05) is 0 Å². The molecular weight excluding hydrogens is 282 g/mol. The molecule has 2 atom stereocenters. The monoisotopic (exact) mass is 323 g/mol. The lowest BCUT2D eigenvalue weighted by molar-refractivity contribution is 0.475. The van der Waals surface area contributed by atoms with Crippen LogP contribution in [-0.4, -0.2) is 25.0 Å². The van der Waals surface area contributed by atoms with Crippen LogP contribution in [-0.2, 0) is 0 Å². The zero-order valence-corrected chi connectivity index (χ0v) is 15.8. The molecule has 0 aromatic rings. The Hall–Kier alpha value is -0.570. The number of nitrogens with two attached hydrogens (primary N) is 1. The van der Waals surface area contributed by atoms with Crippen molar-refractivity contribution >= 4 is 5.84 Å². The Labute approximate surface area is 144 Å². The van der Waals surface area contributed by atoms with Gasteiger partial charge >= 0.3 is 0 Å². The second-order valence-electron chi connectivity index (χ2n) is 7.34. The van der Waals surface area contributed by atoms with Crippen LogP contribution < -0.4 is 11.1 Å². The Morgan fingerprint density at radius 1 is 0.913 bits per heavy atom. The highest BCUT2D eigenvalue weighted by Crippen LogP contribution is 2.17. The normalized spacial score (nSPS) is 16.9. The molecule has 0 radical (unpaired) electrons. The second kappa shape index (κ2) is 13.8. The summed E-state index contributed by atoms with van der Waals surface area (Å²) in [7, 11) is 0. The van der Waals surface area contributed by atoms with Gasteiger partial charge < -0.3 is 11.1 Å². The summed E-state index contributed by atoms with van der Waals surface area (Å²) in [5.41, 5.74) is 6.13. The van der Waals surface area contributed by atoms with E-state index in [1.165, 1.54) is 89.3 Å². The van der Waals surface area contributed by atoms with Crippen LogP contribution in [0.25, 0.3) is 0 Å². The number of hydrogen-bond donors (Lipinski definition) is 2. The Bertz CT molecular complexity index is 299. The summed E-state index contributed by atoms with van der Waals surface area (Å²) >= 11 is 0. The Balaban J connectivity index is 1.90. The van der Waals surface area contributed by atoms with Crippen molar-refractivity contribution in [3.63, 3.8) is 0 Å². The molecule has 23 heavy (non-hydrogen) atoms. The minimum Gasteiger partial charge on any atom is -0.372 e. The van der Waals surface area contributed by atoms with E-state index < -0.39 is 0 Å². The predicted octanol–water partition coefficient (Wildman–Crippen LogP) is 5.04. The van der Waals surface area contributed by atoms with Crippen LogP contribution in [0.4, 0.5) is 0 Å². The lowest BCUT2D eigenvalue weighted by Gasteiger charge is -2.21. The second-order valence-corrected chi connectivity index (χ2v) is 7.34. The van der Waals surface area contributed by atoms with Crippen molar-refractivity contribution < 1.29 is 0 Å². The first-order valence-corrected chi connectivity index (χ1v) is 10.3. The average Bonchev–Trinajstić information content (AvgIpc) is 3.05. The van der Waals surface area contributed by atoms with E-state index in [4.69, 9.17) is 5.73 Å². The molecule has 2 unspecified atom stereocenters. The number of nitrogens with zero attached hydrogens (tertiary/aromatic N) is 1. The molecule has 0 spiro atoms. The standard InChI is InChI=1S/C20H41N3/c1-3-4-5-6-7-8-9-10-11-12-13-14-15-19(18(2)21)20-22-16-17-23-20/h18-19H,3-17,21H2,1-2H3,(H,22,23). The molecule has 136 valence electrons. The molecule has 0 bridgehead atoms. The van der Waals surface area contributed by atoms with Crippen molar-refractivity contribution in [1.82, 2.24) is 5.32 Å². The number of unbranched alkanes of at least 4 members (excludes halogenated alkanes) is 11. The van der Waals surface area contributed by atoms with Gasteiger partial charge in [-0.1, -0.05) is 84.0 Å². The third kappa shape index (κ3) is 10.0. The molecule has 0 amide bonds. The van der Waals surface area contributed by atoms with Crippen LogP contribution in [0.5, 0.6) is 0 Å². The summed E-state index contributed by atoms with van der Waals surface area (Å²) < 4.78 is 0. The van der Waals surface area contributed by atoms with Crippen LogP contribution in [0.3, 0.4) is 0 Å². The fourth-order valence-electron chi connectivity index (χ4n) is 3.52. The third-order valence-electron chi connectivity index (χ3n) is 5.05. The van der Waals surface area contributed by atoms with Crippen molar-refractivity contribution in [3.05, 3.63) is 0 Å². The van der Waals surface area contributed by atoms with Crippen molar-refractivity contribution in [1.29, 1.82) is 0 Å². The molecule has 0 aromatic heterocycles. The predicted molar refractivity (Wildman–Crippen MR) is 103 cm³/mol. The molecule has 1 rings (SSSR count). The number of rotatable bonds is 15. The summed E-state index contributed by atoms with van der Waals surface area (Å²) in [4.78, 5) is 4.56. The van der Waals surface area contributed by atoms with Crippen LogP contribution in [0.15, 0.2) is 4.99 Å². The van der Waals surface area contributed by atoms with Gasteiger partial charge in [0.2, 0.25) is 0 Å². The summed E-state index contributed by atoms with van der Waals surface area (Å²) in [6, 6.07) is 0.215. The molecule has 3 heteroatoms. The highest BCUT2D eigenvalue weighted by atomic mass is 15.1. The van der Waals surface area contributed by atoms with E-state index in [1.54, 1.807) is 0 Å². The summed E-state index contributed by atoms with van der Waals surface area (Å²) in [6.45, 7) is 6.33. The highest BCUT2D eigenvalue weighted by molar-refractivity contribution is 5.86. The largest absolute Gasteiger partial charge is 0.372 e. The van der Waals surface area contributed by atoms with Gasteiger partial charge in [-0.15, -0.1) is 0 Å². The molecule has 1 heterocycles. The maximum atomic E-state index is 6.13. The number of amidine groups is 1. The molecule has 0 saturated heterocycles. The van der Waals surface area contributed by atoms with Crippen molar-refractivity contribution in [2.75, 3.05) is 13.1 Å². The van der Waals surface area contributed by atoms with Gasteiger partial charge in [0.1, 0.15) is 5.84 Å². The van der Waals surface area contributed by atoms with Gasteiger partial charge in [0, 0.05) is 18.5 Å². The summed E-state index contributed by atoms with van der Waals surface area (Å²) in [5, 5.41) is 3.40. The first-order valence-electron chi connectivity index (χ1n) is 10.3.